The number of aromatic nitrogens is 1. The Hall–Kier alpha value is -1.87. The maximum Gasteiger partial charge on any atom is 0.0713 e. The second-order valence-electron chi connectivity index (χ2n) is 5.51. The summed E-state index contributed by atoms with van der Waals surface area (Å²) in [6.45, 7) is 2.07. The van der Waals surface area contributed by atoms with E-state index in [4.69, 9.17) is 0 Å². The first-order chi connectivity index (χ1) is 9.33. The molecule has 1 aromatic heterocycles. The van der Waals surface area contributed by atoms with Crippen LogP contribution >= 0.6 is 0 Å². The third kappa shape index (κ3) is 1.65. The molecule has 1 saturated heterocycles. The molecule has 1 unspecified atom stereocenters. The van der Waals surface area contributed by atoms with Crippen molar-refractivity contribution in [3.05, 3.63) is 59.4 Å². The molecule has 0 bridgehead atoms. The van der Waals surface area contributed by atoms with Gasteiger partial charge in [-0.15, -0.1) is 0 Å². The average Bonchev–Trinajstić information content (AvgIpc) is 2.76. The van der Waals surface area contributed by atoms with Gasteiger partial charge in [0.25, 0.3) is 0 Å². The molecule has 0 radical (unpaired) electrons. The van der Waals surface area contributed by atoms with Crippen LogP contribution in [0.5, 0.6) is 0 Å². The van der Waals surface area contributed by atoms with Crippen LogP contribution in [-0.4, -0.2) is 30.1 Å². The van der Waals surface area contributed by atoms with E-state index in [1.807, 2.05) is 12.3 Å². The summed E-state index contributed by atoms with van der Waals surface area (Å²) in [4.78, 5) is 9.48. The minimum Gasteiger partial charge on any atom is -0.349 e. The van der Waals surface area contributed by atoms with Gasteiger partial charge in [-0.05, 0) is 30.3 Å². The Kier molecular flexibility index (Phi) is 2.35. The third-order valence-corrected chi connectivity index (χ3v) is 4.20. The molecule has 1 atom stereocenters. The smallest absolute Gasteiger partial charge is 0.0713 e. The fourth-order valence-corrected chi connectivity index (χ4v) is 3.35. The lowest BCUT2D eigenvalue weighted by Gasteiger charge is -2.25. The van der Waals surface area contributed by atoms with Crippen molar-refractivity contribution in [2.45, 2.75) is 12.5 Å². The third-order valence-electron chi connectivity index (χ3n) is 4.20. The van der Waals surface area contributed by atoms with Crippen LogP contribution < -0.4 is 4.90 Å². The van der Waals surface area contributed by atoms with Gasteiger partial charge in [-0.25, -0.2) is 0 Å². The lowest BCUT2D eigenvalue weighted by molar-refractivity contribution is 0.411. The van der Waals surface area contributed by atoms with Crippen LogP contribution in [0.4, 0.5) is 5.69 Å². The molecule has 3 heterocycles. The van der Waals surface area contributed by atoms with E-state index in [1.54, 1.807) is 0 Å². The molecule has 0 N–H and O–H groups in total. The minimum atomic E-state index is 0.464. The number of rotatable bonds is 0. The zero-order valence-electron chi connectivity index (χ0n) is 11.1. The summed E-state index contributed by atoms with van der Waals surface area (Å²) in [5, 5.41) is 0. The molecule has 3 heteroatoms. The molecule has 4 rings (SSSR count). The molecule has 2 aliphatic rings. The highest BCUT2D eigenvalue weighted by molar-refractivity contribution is 5.58. The highest BCUT2D eigenvalue weighted by atomic mass is 15.4. The Balaban J connectivity index is 1.93. The standard InChI is InChI=1S/C16H17N3/c1-18-10-16-13-6-3-2-5-12(13)9-14-15(19(16)11-18)7-4-8-17-14/h2-8,16H,9-11H2,1H3. The quantitative estimate of drug-likeness (QED) is 0.717. The fourth-order valence-electron chi connectivity index (χ4n) is 3.35. The molecule has 0 saturated carbocycles. The zero-order chi connectivity index (χ0) is 12.8. The number of anilines is 1. The predicted molar refractivity (Wildman–Crippen MR) is 76.2 cm³/mol. The first kappa shape index (κ1) is 11.0. The van der Waals surface area contributed by atoms with Crippen molar-refractivity contribution in [2.75, 3.05) is 25.2 Å². The number of hydrogen-bond acceptors (Lipinski definition) is 3. The normalized spacial score (nSPS) is 21.5. The summed E-state index contributed by atoms with van der Waals surface area (Å²) >= 11 is 0. The summed E-state index contributed by atoms with van der Waals surface area (Å²) in [5.74, 6) is 0. The molecule has 96 valence electrons. The van der Waals surface area contributed by atoms with E-state index in [-0.39, 0.29) is 0 Å². The predicted octanol–water partition coefficient (Wildman–Crippen LogP) is 2.44. The van der Waals surface area contributed by atoms with Gasteiger partial charge in [0.15, 0.2) is 0 Å². The van der Waals surface area contributed by atoms with Crippen molar-refractivity contribution in [1.29, 1.82) is 0 Å². The summed E-state index contributed by atoms with van der Waals surface area (Å²) < 4.78 is 0. The molecule has 0 aliphatic carbocycles. The van der Waals surface area contributed by atoms with Gasteiger partial charge < -0.3 is 4.90 Å². The van der Waals surface area contributed by atoms with Crippen LogP contribution in [0, 0.1) is 0 Å². The number of likely N-dealkylation sites (N-methyl/N-ethyl adjacent to an activating group) is 1. The van der Waals surface area contributed by atoms with E-state index in [2.05, 4.69) is 52.2 Å². The van der Waals surface area contributed by atoms with Crippen LogP contribution in [0.1, 0.15) is 22.9 Å². The van der Waals surface area contributed by atoms with Gasteiger partial charge in [-0.1, -0.05) is 24.3 Å². The van der Waals surface area contributed by atoms with Gasteiger partial charge >= 0.3 is 0 Å². The number of hydrogen-bond donors (Lipinski definition) is 0. The Morgan fingerprint density at radius 3 is 3.00 bits per heavy atom. The first-order valence-corrected chi connectivity index (χ1v) is 6.80. The van der Waals surface area contributed by atoms with Crippen LogP contribution in [0.3, 0.4) is 0 Å². The molecular formula is C16H17N3. The lowest BCUT2D eigenvalue weighted by Crippen LogP contribution is -2.25. The van der Waals surface area contributed by atoms with Gasteiger partial charge in [0.1, 0.15) is 0 Å². The van der Waals surface area contributed by atoms with Crippen LogP contribution in [0.15, 0.2) is 42.6 Å². The molecule has 1 fully saturated rings. The molecule has 0 amide bonds. The molecule has 2 aromatic rings. The molecule has 2 aliphatic heterocycles. The highest BCUT2D eigenvalue weighted by Crippen LogP contribution is 2.39. The van der Waals surface area contributed by atoms with E-state index in [1.165, 1.54) is 22.5 Å². The maximum absolute atomic E-state index is 4.60. The van der Waals surface area contributed by atoms with Crippen LogP contribution in [0.25, 0.3) is 0 Å². The fraction of sp³-hybridized carbons (Fsp3) is 0.312. The Morgan fingerprint density at radius 1 is 1.16 bits per heavy atom. The van der Waals surface area contributed by atoms with E-state index < -0.39 is 0 Å². The van der Waals surface area contributed by atoms with Gasteiger partial charge in [-0.2, -0.15) is 0 Å². The summed E-state index contributed by atoms with van der Waals surface area (Å²) in [5.41, 5.74) is 5.39. The topological polar surface area (TPSA) is 19.4 Å². The summed E-state index contributed by atoms with van der Waals surface area (Å²) in [7, 11) is 2.19. The average molecular weight is 251 g/mol. The van der Waals surface area contributed by atoms with Crippen molar-refractivity contribution in [2.24, 2.45) is 0 Å². The number of fused-ring (bicyclic) bond motifs is 5. The van der Waals surface area contributed by atoms with Crippen LogP contribution in [0.2, 0.25) is 0 Å². The number of pyridine rings is 1. The molecule has 0 spiro atoms. The minimum absolute atomic E-state index is 0.464. The monoisotopic (exact) mass is 251 g/mol. The number of nitrogens with zero attached hydrogens (tertiary/aromatic N) is 3. The van der Waals surface area contributed by atoms with E-state index in [0.717, 1.165) is 19.6 Å². The Morgan fingerprint density at radius 2 is 2.05 bits per heavy atom. The van der Waals surface area contributed by atoms with Crippen molar-refractivity contribution < 1.29 is 0 Å². The van der Waals surface area contributed by atoms with Gasteiger partial charge in [0.2, 0.25) is 0 Å². The summed E-state index contributed by atoms with van der Waals surface area (Å²) in [6, 6.07) is 13.5. The number of benzene rings is 1. The maximum atomic E-state index is 4.60. The van der Waals surface area contributed by atoms with Crippen molar-refractivity contribution in [3.8, 4) is 0 Å². The SMILES string of the molecule is CN1CC2c3ccccc3Cc3ncccc3N2C1. The second-order valence-corrected chi connectivity index (χ2v) is 5.51. The summed E-state index contributed by atoms with van der Waals surface area (Å²) in [6.07, 6.45) is 2.85. The van der Waals surface area contributed by atoms with Crippen molar-refractivity contribution in [1.82, 2.24) is 9.88 Å². The first-order valence-electron chi connectivity index (χ1n) is 6.80. The van der Waals surface area contributed by atoms with Crippen molar-refractivity contribution >= 4 is 5.69 Å². The van der Waals surface area contributed by atoms with Gasteiger partial charge in [0.05, 0.1) is 24.1 Å². The van der Waals surface area contributed by atoms with Crippen LogP contribution in [-0.2, 0) is 6.42 Å². The highest BCUT2D eigenvalue weighted by Gasteiger charge is 2.34. The van der Waals surface area contributed by atoms with E-state index in [9.17, 15) is 0 Å². The van der Waals surface area contributed by atoms with E-state index >= 15 is 0 Å². The molecule has 1 aromatic carbocycles. The second kappa shape index (κ2) is 4.07. The Bertz CT molecular complexity index is 569. The lowest BCUT2D eigenvalue weighted by atomic mass is 9.98. The van der Waals surface area contributed by atoms with E-state index in [0.29, 0.717) is 6.04 Å². The van der Waals surface area contributed by atoms with Gasteiger partial charge in [0, 0.05) is 19.2 Å². The largest absolute Gasteiger partial charge is 0.349 e. The van der Waals surface area contributed by atoms with Gasteiger partial charge in [-0.3, -0.25) is 9.88 Å². The molecular weight excluding hydrogens is 234 g/mol. The molecule has 19 heavy (non-hydrogen) atoms. The zero-order valence-corrected chi connectivity index (χ0v) is 11.1. The molecule has 3 nitrogen and oxygen atoms in total. The Labute approximate surface area is 113 Å². The van der Waals surface area contributed by atoms with Crippen molar-refractivity contribution in [3.63, 3.8) is 0 Å².